The van der Waals surface area contributed by atoms with Crippen LogP contribution in [0.2, 0.25) is 0 Å². The number of hydrogen-bond donors (Lipinski definition) is 0. The first-order valence-electron chi connectivity index (χ1n) is 3.27. The van der Waals surface area contributed by atoms with E-state index >= 15 is 0 Å². The van der Waals surface area contributed by atoms with Crippen LogP contribution in [0.25, 0.3) is 0 Å². The highest BCUT2D eigenvalue weighted by atomic mass is 127. The Morgan fingerprint density at radius 2 is 0.941 bits per heavy atom. The standard InChI is InChI=1S/C5BrF10I/c6-1(7,2(8,9)4(11,12)13)3(10,17)5(14,15)16. The van der Waals surface area contributed by atoms with Crippen molar-refractivity contribution in [2.45, 2.75) is 26.5 Å². The van der Waals surface area contributed by atoms with Crippen molar-refractivity contribution in [3.63, 3.8) is 0 Å². The summed E-state index contributed by atoms with van der Waals surface area (Å²) in [4.78, 5) is 0. The fourth-order valence-electron chi connectivity index (χ4n) is 0.553. The highest BCUT2D eigenvalue weighted by molar-refractivity contribution is 14.1. The molecule has 0 aromatic carbocycles. The largest absolute Gasteiger partial charge is 0.457 e. The van der Waals surface area contributed by atoms with E-state index in [0.717, 1.165) is 15.9 Å². The van der Waals surface area contributed by atoms with Crippen LogP contribution in [0.3, 0.4) is 0 Å². The van der Waals surface area contributed by atoms with E-state index in [1.165, 1.54) is 0 Å². The topological polar surface area (TPSA) is 0 Å². The Morgan fingerprint density at radius 1 is 0.647 bits per heavy atom. The Balaban J connectivity index is 5.73. The Bertz CT molecular complexity index is 260. The summed E-state index contributed by atoms with van der Waals surface area (Å²) in [5.74, 6) is -6.58. The molecular formula is C5BrF10I. The maximum absolute atomic E-state index is 13.0. The maximum atomic E-state index is 13.0. The zero-order valence-corrected chi connectivity index (χ0v) is 10.8. The van der Waals surface area contributed by atoms with Gasteiger partial charge in [0.05, 0.1) is 0 Å². The van der Waals surface area contributed by atoms with Crippen molar-refractivity contribution >= 4 is 38.5 Å². The second-order valence-corrected chi connectivity index (χ2v) is 5.30. The molecular weight excluding hydrogens is 457 g/mol. The van der Waals surface area contributed by atoms with Gasteiger partial charge in [-0.2, -0.15) is 35.1 Å². The van der Waals surface area contributed by atoms with Crippen molar-refractivity contribution in [1.29, 1.82) is 0 Å². The van der Waals surface area contributed by atoms with E-state index < -0.39 is 49.1 Å². The maximum Gasteiger partial charge on any atom is 0.457 e. The van der Waals surface area contributed by atoms with Gasteiger partial charge in [-0.1, -0.05) is 0 Å². The number of rotatable bonds is 2. The lowest BCUT2D eigenvalue weighted by molar-refractivity contribution is -0.334. The minimum atomic E-state index is -6.70. The molecule has 0 nitrogen and oxygen atoms in total. The first kappa shape index (κ1) is 17.5. The first-order valence-corrected chi connectivity index (χ1v) is 5.14. The number of alkyl halides is 12. The summed E-state index contributed by atoms with van der Waals surface area (Å²) in [6.45, 7) is 0. The Kier molecular flexibility index (Phi) is 4.39. The van der Waals surface area contributed by atoms with E-state index in [9.17, 15) is 43.9 Å². The van der Waals surface area contributed by atoms with Gasteiger partial charge in [0, 0.05) is 0 Å². The van der Waals surface area contributed by atoms with Crippen molar-refractivity contribution in [1.82, 2.24) is 0 Å². The fourth-order valence-corrected chi connectivity index (χ4v) is 1.34. The third kappa shape index (κ3) is 2.61. The minimum Gasteiger partial charge on any atom is -0.219 e. The van der Waals surface area contributed by atoms with Crippen LogP contribution in [-0.2, 0) is 0 Å². The molecule has 0 aliphatic rings. The second-order valence-electron chi connectivity index (χ2n) is 2.72. The summed E-state index contributed by atoms with van der Waals surface area (Å²) in [6.07, 6.45) is -13.0. The SMILES string of the molecule is FC(F)(F)C(F)(F)C(F)(Br)C(F)(I)C(F)(F)F. The van der Waals surface area contributed by atoms with Gasteiger partial charge in [-0.25, -0.2) is 8.78 Å². The number of hydrogen-bond acceptors (Lipinski definition) is 0. The highest BCUT2D eigenvalue weighted by Gasteiger charge is 2.83. The molecule has 0 saturated heterocycles. The summed E-state index contributed by atoms with van der Waals surface area (Å²) in [5.41, 5.74) is 0. The molecule has 0 spiro atoms. The van der Waals surface area contributed by atoms with Gasteiger partial charge in [-0.3, -0.25) is 0 Å². The van der Waals surface area contributed by atoms with Crippen LogP contribution in [0.4, 0.5) is 43.9 Å². The van der Waals surface area contributed by atoms with Gasteiger partial charge < -0.3 is 0 Å². The first-order chi connectivity index (χ1) is 7.00. The van der Waals surface area contributed by atoms with Gasteiger partial charge in [-0.15, -0.1) is 0 Å². The van der Waals surface area contributed by atoms with E-state index in [1.54, 1.807) is 0 Å². The van der Waals surface area contributed by atoms with Crippen molar-refractivity contribution in [2.24, 2.45) is 0 Å². The van der Waals surface area contributed by atoms with Crippen LogP contribution in [0.15, 0.2) is 0 Å². The Morgan fingerprint density at radius 3 is 1.12 bits per heavy atom. The van der Waals surface area contributed by atoms with Crippen molar-refractivity contribution in [2.75, 3.05) is 0 Å². The molecule has 0 aliphatic heterocycles. The fraction of sp³-hybridized carbons (Fsp3) is 1.00. The van der Waals surface area contributed by atoms with Gasteiger partial charge in [0.1, 0.15) is 0 Å². The predicted octanol–water partition coefficient (Wildman–Crippen LogP) is 4.91. The molecule has 0 aromatic rings. The average Bonchev–Trinajstić information content (AvgIpc) is 1.98. The molecule has 0 aliphatic carbocycles. The minimum absolute atomic E-state index is 0.503. The van der Waals surface area contributed by atoms with Crippen LogP contribution >= 0.6 is 38.5 Å². The van der Waals surface area contributed by atoms with E-state index in [1.807, 2.05) is 0 Å². The zero-order valence-electron chi connectivity index (χ0n) is 7.04. The lowest BCUT2D eigenvalue weighted by Crippen LogP contribution is -2.63. The van der Waals surface area contributed by atoms with Crippen LogP contribution in [-0.4, -0.2) is 26.5 Å². The molecule has 12 heteroatoms. The van der Waals surface area contributed by atoms with Gasteiger partial charge in [0.15, 0.2) is 0 Å². The lowest BCUT2D eigenvalue weighted by atomic mass is 10.1. The van der Waals surface area contributed by atoms with Crippen LogP contribution in [0.5, 0.6) is 0 Å². The van der Waals surface area contributed by atoms with Crippen LogP contribution in [0, 0.1) is 0 Å². The van der Waals surface area contributed by atoms with Gasteiger partial charge in [0.25, 0.3) is 4.58 Å². The molecule has 0 radical (unpaired) electrons. The van der Waals surface area contributed by atoms with Gasteiger partial charge in [0.2, 0.25) is 0 Å². The third-order valence-electron chi connectivity index (χ3n) is 1.50. The molecule has 0 rings (SSSR count). The monoisotopic (exact) mass is 456 g/mol. The average molecular weight is 457 g/mol. The summed E-state index contributed by atoms with van der Waals surface area (Å²) < 4.78 is 110. The van der Waals surface area contributed by atoms with Gasteiger partial charge >= 0.3 is 22.0 Å². The highest BCUT2D eigenvalue weighted by Crippen LogP contribution is 2.61. The summed E-state index contributed by atoms with van der Waals surface area (Å²) in [6, 6.07) is 0. The van der Waals surface area contributed by atoms with Crippen molar-refractivity contribution < 1.29 is 43.9 Å². The molecule has 0 fully saturated rings. The van der Waals surface area contributed by atoms with Crippen LogP contribution in [0.1, 0.15) is 0 Å². The van der Waals surface area contributed by atoms with Crippen molar-refractivity contribution in [3.05, 3.63) is 0 Å². The molecule has 17 heavy (non-hydrogen) atoms. The lowest BCUT2D eigenvalue weighted by Gasteiger charge is -2.37. The Hall–Kier alpha value is 0.510. The molecule has 2 atom stereocenters. The molecule has 0 bridgehead atoms. The molecule has 0 aromatic heterocycles. The van der Waals surface area contributed by atoms with E-state index in [0.29, 0.717) is 0 Å². The quantitative estimate of drug-likeness (QED) is 0.315. The van der Waals surface area contributed by atoms with Crippen LogP contribution < -0.4 is 0 Å². The Labute approximate surface area is 109 Å². The van der Waals surface area contributed by atoms with E-state index in [4.69, 9.17) is 0 Å². The smallest absolute Gasteiger partial charge is 0.219 e. The van der Waals surface area contributed by atoms with Gasteiger partial charge in [-0.05, 0) is 38.5 Å². The summed E-state index contributed by atoms with van der Waals surface area (Å²) in [7, 11) is 0. The molecule has 0 amide bonds. The molecule has 0 N–H and O–H groups in total. The number of halogens is 12. The van der Waals surface area contributed by atoms with Crippen molar-refractivity contribution in [3.8, 4) is 0 Å². The molecule has 104 valence electrons. The summed E-state index contributed by atoms with van der Waals surface area (Å²) >= 11 is 0.354. The van der Waals surface area contributed by atoms with E-state index in [-0.39, 0.29) is 0 Å². The third-order valence-corrected chi connectivity index (χ3v) is 4.64. The van der Waals surface area contributed by atoms with E-state index in [2.05, 4.69) is 0 Å². The molecule has 0 heterocycles. The predicted molar refractivity (Wildman–Crippen MR) is 47.7 cm³/mol. The second kappa shape index (κ2) is 4.27. The molecule has 2 unspecified atom stereocenters. The molecule has 0 saturated carbocycles. The summed E-state index contributed by atoms with van der Waals surface area (Å²) in [5, 5.41) is 0. The normalized spacial score (nSPS) is 21.9. The zero-order chi connectivity index (χ0) is 14.5.